The number of rotatable bonds is 4. The summed E-state index contributed by atoms with van der Waals surface area (Å²) in [6.45, 7) is 6.87. The van der Waals surface area contributed by atoms with Crippen molar-refractivity contribution in [1.82, 2.24) is 24.2 Å². The van der Waals surface area contributed by atoms with E-state index in [4.69, 9.17) is 0 Å². The molecule has 1 saturated carbocycles. The summed E-state index contributed by atoms with van der Waals surface area (Å²) in [4.78, 5) is 15.0. The standard InChI is InChI=1S/C19H27N5O/c1-13-10-17(14(2)24(13)11-15-4-5-15)19(25)23-8-6-16(7-9-23)18-21-20-12-22(18)3/h10,12,15-16H,4-9,11H2,1-3H3. The number of likely N-dealkylation sites (tertiary alicyclic amines) is 1. The molecule has 2 fully saturated rings. The number of piperidine rings is 1. The van der Waals surface area contributed by atoms with E-state index in [0.717, 1.165) is 55.5 Å². The molecule has 2 aromatic heterocycles. The molecule has 1 saturated heterocycles. The molecule has 0 atom stereocenters. The second-order valence-corrected chi connectivity index (χ2v) is 7.71. The number of nitrogens with zero attached hydrogens (tertiary/aromatic N) is 5. The van der Waals surface area contributed by atoms with Crippen LogP contribution in [0.15, 0.2) is 12.4 Å². The van der Waals surface area contributed by atoms with Crippen molar-refractivity contribution in [2.24, 2.45) is 13.0 Å². The van der Waals surface area contributed by atoms with Crippen LogP contribution in [0.2, 0.25) is 0 Å². The second-order valence-electron chi connectivity index (χ2n) is 7.71. The molecular formula is C19H27N5O. The Morgan fingerprint density at radius 3 is 2.52 bits per heavy atom. The minimum absolute atomic E-state index is 0.187. The predicted molar refractivity (Wildman–Crippen MR) is 95.5 cm³/mol. The lowest BCUT2D eigenvalue weighted by atomic mass is 9.95. The zero-order chi connectivity index (χ0) is 17.6. The molecular weight excluding hydrogens is 314 g/mol. The van der Waals surface area contributed by atoms with Gasteiger partial charge in [-0.1, -0.05) is 0 Å². The number of aryl methyl sites for hydroxylation is 2. The van der Waals surface area contributed by atoms with Gasteiger partial charge in [0.25, 0.3) is 5.91 Å². The zero-order valence-electron chi connectivity index (χ0n) is 15.4. The molecule has 1 aliphatic heterocycles. The van der Waals surface area contributed by atoms with Gasteiger partial charge in [-0.05, 0) is 51.5 Å². The molecule has 2 aliphatic rings. The Morgan fingerprint density at radius 2 is 1.92 bits per heavy atom. The number of carbonyl (C=O) groups is 1. The highest BCUT2D eigenvalue weighted by Crippen LogP contribution is 2.33. The van der Waals surface area contributed by atoms with E-state index >= 15 is 0 Å². The Kier molecular flexibility index (Phi) is 4.13. The van der Waals surface area contributed by atoms with Crippen LogP contribution in [0, 0.1) is 19.8 Å². The zero-order valence-corrected chi connectivity index (χ0v) is 15.4. The van der Waals surface area contributed by atoms with Crippen LogP contribution in [0.3, 0.4) is 0 Å². The third-order valence-electron chi connectivity index (χ3n) is 5.84. The third kappa shape index (κ3) is 3.10. The average molecular weight is 341 g/mol. The van der Waals surface area contributed by atoms with Crippen LogP contribution in [0.1, 0.15) is 59.2 Å². The first kappa shape index (κ1) is 16.4. The summed E-state index contributed by atoms with van der Waals surface area (Å²) in [6.07, 6.45) is 6.32. The number of hydrogen-bond donors (Lipinski definition) is 0. The molecule has 0 unspecified atom stereocenters. The SMILES string of the molecule is Cc1cc(C(=O)N2CCC(c3nncn3C)CC2)c(C)n1CC1CC1. The van der Waals surface area contributed by atoms with Gasteiger partial charge >= 0.3 is 0 Å². The van der Waals surface area contributed by atoms with Crippen molar-refractivity contribution in [2.75, 3.05) is 13.1 Å². The molecule has 0 radical (unpaired) electrons. The number of carbonyl (C=O) groups excluding carboxylic acids is 1. The molecule has 3 heterocycles. The predicted octanol–water partition coefficient (Wildman–Crippen LogP) is 2.66. The Balaban J connectivity index is 1.44. The summed E-state index contributed by atoms with van der Waals surface area (Å²) in [5.41, 5.74) is 3.22. The molecule has 0 aromatic carbocycles. The van der Waals surface area contributed by atoms with Crippen molar-refractivity contribution < 1.29 is 4.79 Å². The van der Waals surface area contributed by atoms with Gasteiger partial charge in [-0.25, -0.2) is 0 Å². The largest absolute Gasteiger partial charge is 0.348 e. The van der Waals surface area contributed by atoms with Crippen molar-refractivity contribution in [1.29, 1.82) is 0 Å². The number of hydrogen-bond acceptors (Lipinski definition) is 3. The fourth-order valence-electron chi connectivity index (χ4n) is 4.03. The van der Waals surface area contributed by atoms with Gasteiger partial charge in [0.15, 0.2) is 0 Å². The minimum Gasteiger partial charge on any atom is -0.348 e. The van der Waals surface area contributed by atoms with Gasteiger partial charge in [-0.15, -0.1) is 10.2 Å². The molecule has 0 N–H and O–H groups in total. The van der Waals surface area contributed by atoms with E-state index in [-0.39, 0.29) is 5.91 Å². The maximum Gasteiger partial charge on any atom is 0.255 e. The molecule has 134 valence electrons. The molecule has 1 aliphatic carbocycles. The lowest BCUT2D eigenvalue weighted by Crippen LogP contribution is -2.38. The quantitative estimate of drug-likeness (QED) is 0.859. The van der Waals surface area contributed by atoms with Crippen LogP contribution in [0.5, 0.6) is 0 Å². The molecule has 6 nitrogen and oxygen atoms in total. The van der Waals surface area contributed by atoms with Crippen molar-refractivity contribution in [3.05, 3.63) is 35.2 Å². The summed E-state index contributed by atoms with van der Waals surface area (Å²) in [5, 5.41) is 8.22. The number of amides is 1. The van der Waals surface area contributed by atoms with Crippen LogP contribution in [0.4, 0.5) is 0 Å². The van der Waals surface area contributed by atoms with Crippen LogP contribution in [0.25, 0.3) is 0 Å². The van der Waals surface area contributed by atoms with Gasteiger partial charge in [-0.2, -0.15) is 0 Å². The number of aromatic nitrogens is 4. The molecule has 25 heavy (non-hydrogen) atoms. The van der Waals surface area contributed by atoms with E-state index in [2.05, 4.69) is 34.7 Å². The smallest absolute Gasteiger partial charge is 0.255 e. The van der Waals surface area contributed by atoms with Crippen molar-refractivity contribution in [3.8, 4) is 0 Å². The molecule has 2 aromatic rings. The minimum atomic E-state index is 0.187. The normalized spacial score (nSPS) is 18.8. The summed E-state index contributed by atoms with van der Waals surface area (Å²) < 4.78 is 4.32. The highest BCUT2D eigenvalue weighted by molar-refractivity contribution is 5.95. The lowest BCUT2D eigenvalue weighted by molar-refractivity contribution is 0.0709. The van der Waals surface area contributed by atoms with E-state index in [9.17, 15) is 4.79 Å². The highest BCUT2D eigenvalue weighted by atomic mass is 16.2. The molecule has 6 heteroatoms. The third-order valence-corrected chi connectivity index (χ3v) is 5.84. The summed E-state index contributed by atoms with van der Waals surface area (Å²) in [7, 11) is 1.99. The van der Waals surface area contributed by atoms with Crippen molar-refractivity contribution in [3.63, 3.8) is 0 Å². The van der Waals surface area contributed by atoms with E-state index in [1.165, 1.54) is 18.5 Å². The van der Waals surface area contributed by atoms with Crippen LogP contribution < -0.4 is 0 Å². The summed E-state index contributed by atoms with van der Waals surface area (Å²) in [5.74, 6) is 2.44. The fraction of sp³-hybridized carbons (Fsp3) is 0.632. The first-order chi connectivity index (χ1) is 12.0. The Bertz CT molecular complexity index is 778. The van der Waals surface area contributed by atoms with E-state index in [0.29, 0.717) is 5.92 Å². The second kappa shape index (κ2) is 6.32. The topological polar surface area (TPSA) is 56.0 Å². The average Bonchev–Trinajstić information content (AvgIpc) is 3.27. The monoisotopic (exact) mass is 341 g/mol. The van der Waals surface area contributed by atoms with E-state index in [1.807, 2.05) is 16.5 Å². The van der Waals surface area contributed by atoms with Gasteiger partial charge < -0.3 is 14.0 Å². The fourth-order valence-corrected chi connectivity index (χ4v) is 4.03. The molecule has 0 bridgehead atoms. The van der Waals surface area contributed by atoms with Gasteiger partial charge in [0.1, 0.15) is 12.2 Å². The van der Waals surface area contributed by atoms with Crippen LogP contribution in [-0.4, -0.2) is 43.2 Å². The Hall–Kier alpha value is -2.11. The van der Waals surface area contributed by atoms with E-state index < -0.39 is 0 Å². The first-order valence-corrected chi connectivity index (χ1v) is 9.34. The maximum atomic E-state index is 13.0. The highest BCUT2D eigenvalue weighted by Gasteiger charge is 2.29. The first-order valence-electron chi connectivity index (χ1n) is 9.34. The Labute approximate surface area is 148 Å². The van der Waals surface area contributed by atoms with Gasteiger partial charge in [0, 0.05) is 44.0 Å². The van der Waals surface area contributed by atoms with Crippen LogP contribution in [-0.2, 0) is 13.6 Å². The van der Waals surface area contributed by atoms with Gasteiger partial charge in [0.05, 0.1) is 5.56 Å². The van der Waals surface area contributed by atoms with Gasteiger partial charge in [-0.3, -0.25) is 4.79 Å². The van der Waals surface area contributed by atoms with Crippen LogP contribution >= 0.6 is 0 Å². The maximum absolute atomic E-state index is 13.0. The molecule has 1 amide bonds. The van der Waals surface area contributed by atoms with Gasteiger partial charge in [0.2, 0.25) is 0 Å². The lowest BCUT2D eigenvalue weighted by Gasteiger charge is -2.31. The summed E-state index contributed by atoms with van der Waals surface area (Å²) in [6, 6.07) is 2.08. The molecule has 0 spiro atoms. The van der Waals surface area contributed by atoms with Crippen molar-refractivity contribution in [2.45, 2.75) is 52.0 Å². The Morgan fingerprint density at radius 1 is 1.20 bits per heavy atom. The van der Waals surface area contributed by atoms with Crippen molar-refractivity contribution >= 4 is 5.91 Å². The summed E-state index contributed by atoms with van der Waals surface area (Å²) >= 11 is 0. The molecule has 4 rings (SSSR count). The van der Waals surface area contributed by atoms with E-state index in [1.54, 1.807) is 6.33 Å².